The van der Waals surface area contributed by atoms with Gasteiger partial charge in [0.25, 0.3) is 0 Å². The van der Waals surface area contributed by atoms with Crippen molar-refractivity contribution in [2.75, 3.05) is 12.3 Å². The maximum atomic E-state index is 12.9. The number of aryl methyl sites for hydroxylation is 1. The fourth-order valence-electron chi connectivity index (χ4n) is 2.71. The Labute approximate surface area is 166 Å². The van der Waals surface area contributed by atoms with E-state index in [-0.39, 0.29) is 11.8 Å². The van der Waals surface area contributed by atoms with Gasteiger partial charge in [-0.15, -0.1) is 11.8 Å². The quantitative estimate of drug-likeness (QED) is 0.716. The van der Waals surface area contributed by atoms with E-state index in [0.29, 0.717) is 18.8 Å². The first-order chi connectivity index (χ1) is 13.0. The van der Waals surface area contributed by atoms with Crippen LogP contribution in [0.2, 0.25) is 0 Å². The molecule has 0 aromatic heterocycles. The highest BCUT2D eigenvalue weighted by Crippen LogP contribution is 2.16. The third-order valence-electron chi connectivity index (χ3n) is 4.33. The van der Waals surface area contributed by atoms with Crippen molar-refractivity contribution in [3.05, 3.63) is 71.3 Å². The molecule has 0 saturated heterocycles. The van der Waals surface area contributed by atoms with Crippen LogP contribution in [0.15, 0.2) is 54.6 Å². The second kappa shape index (κ2) is 10.8. The molecular formula is C22H28N2O2S. The number of hydrogen-bond acceptors (Lipinski definition) is 3. The molecule has 27 heavy (non-hydrogen) atoms. The van der Waals surface area contributed by atoms with E-state index in [1.165, 1.54) is 11.1 Å². The maximum absolute atomic E-state index is 12.9. The number of rotatable bonds is 9. The standard InChI is InChI=1S/C22H28N2O2S/c1-4-23-22(26)18(3)24(14-19-8-6-5-7-9-19)21(25)16-27-15-20-12-10-17(2)11-13-20/h5-13,18H,4,14-16H2,1-3H3,(H,23,26). The summed E-state index contributed by atoms with van der Waals surface area (Å²) < 4.78 is 0. The molecule has 144 valence electrons. The van der Waals surface area contributed by atoms with Crippen LogP contribution in [0, 0.1) is 6.92 Å². The van der Waals surface area contributed by atoms with Gasteiger partial charge in [0.05, 0.1) is 5.75 Å². The second-order valence-corrected chi connectivity index (χ2v) is 7.54. The molecule has 1 atom stereocenters. The molecule has 0 fully saturated rings. The highest BCUT2D eigenvalue weighted by molar-refractivity contribution is 7.99. The van der Waals surface area contributed by atoms with Gasteiger partial charge in [0.1, 0.15) is 6.04 Å². The van der Waals surface area contributed by atoms with Crippen molar-refractivity contribution in [1.29, 1.82) is 0 Å². The zero-order valence-electron chi connectivity index (χ0n) is 16.3. The van der Waals surface area contributed by atoms with Crippen molar-refractivity contribution in [3.8, 4) is 0 Å². The van der Waals surface area contributed by atoms with E-state index < -0.39 is 6.04 Å². The summed E-state index contributed by atoms with van der Waals surface area (Å²) in [5.41, 5.74) is 3.44. The summed E-state index contributed by atoms with van der Waals surface area (Å²) in [6.07, 6.45) is 0. The molecule has 0 saturated carbocycles. The first-order valence-corrected chi connectivity index (χ1v) is 10.4. The maximum Gasteiger partial charge on any atom is 0.242 e. The van der Waals surface area contributed by atoms with Crippen LogP contribution in [0.25, 0.3) is 0 Å². The topological polar surface area (TPSA) is 49.4 Å². The molecule has 1 N–H and O–H groups in total. The second-order valence-electron chi connectivity index (χ2n) is 6.56. The van der Waals surface area contributed by atoms with Crippen LogP contribution < -0.4 is 5.32 Å². The predicted octanol–water partition coefficient (Wildman–Crippen LogP) is 3.78. The molecule has 2 rings (SSSR count). The molecule has 2 aromatic carbocycles. The number of likely N-dealkylation sites (N-methyl/N-ethyl adjacent to an activating group) is 1. The molecule has 0 bridgehead atoms. The number of thioether (sulfide) groups is 1. The van der Waals surface area contributed by atoms with Gasteiger partial charge in [0.2, 0.25) is 11.8 Å². The number of hydrogen-bond donors (Lipinski definition) is 1. The molecule has 2 aromatic rings. The van der Waals surface area contributed by atoms with Crippen LogP contribution in [0.1, 0.15) is 30.5 Å². The van der Waals surface area contributed by atoms with Gasteiger partial charge in [-0.05, 0) is 31.9 Å². The van der Waals surface area contributed by atoms with E-state index in [1.54, 1.807) is 23.6 Å². The Bertz CT molecular complexity index is 732. The monoisotopic (exact) mass is 384 g/mol. The molecule has 0 aliphatic carbocycles. The lowest BCUT2D eigenvalue weighted by molar-refractivity contribution is -0.138. The fraction of sp³-hybridized carbons (Fsp3) is 0.364. The molecule has 0 spiro atoms. The summed E-state index contributed by atoms with van der Waals surface area (Å²) in [6, 6.07) is 17.6. The van der Waals surface area contributed by atoms with Crippen LogP contribution in [0.4, 0.5) is 0 Å². The Morgan fingerprint density at radius 2 is 1.70 bits per heavy atom. The van der Waals surface area contributed by atoms with Gasteiger partial charge in [-0.25, -0.2) is 0 Å². The Balaban J connectivity index is 2.00. The van der Waals surface area contributed by atoms with E-state index in [0.717, 1.165) is 11.3 Å². The van der Waals surface area contributed by atoms with Crippen molar-refractivity contribution >= 4 is 23.6 Å². The molecule has 0 aliphatic heterocycles. The summed E-state index contributed by atoms with van der Waals surface area (Å²) in [5.74, 6) is 0.991. The number of carbonyl (C=O) groups excluding carboxylic acids is 2. The molecule has 5 heteroatoms. The van der Waals surface area contributed by atoms with E-state index in [4.69, 9.17) is 0 Å². The minimum Gasteiger partial charge on any atom is -0.355 e. The van der Waals surface area contributed by atoms with E-state index in [9.17, 15) is 9.59 Å². The van der Waals surface area contributed by atoms with Crippen molar-refractivity contribution in [1.82, 2.24) is 10.2 Å². The number of nitrogens with one attached hydrogen (secondary N) is 1. The van der Waals surface area contributed by atoms with Gasteiger partial charge >= 0.3 is 0 Å². The Morgan fingerprint density at radius 1 is 1.04 bits per heavy atom. The number of benzene rings is 2. The molecule has 0 aliphatic rings. The number of nitrogens with zero attached hydrogens (tertiary/aromatic N) is 1. The average molecular weight is 385 g/mol. The van der Waals surface area contributed by atoms with E-state index >= 15 is 0 Å². The van der Waals surface area contributed by atoms with Crippen molar-refractivity contribution < 1.29 is 9.59 Å². The van der Waals surface area contributed by atoms with Crippen molar-refractivity contribution in [3.63, 3.8) is 0 Å². The average Bonchev–Trinajstić information content (AvgIpc) is 2.68. The van der Waals surface area contributed by atoms with E-state index in [1.807, 2.05) is 37.3 Å². The Kier molecular flexibility index (Phi) is 8.40. The minimum atomic E-state index is -0.502. The van der Waals surface area contributed by atoms with Gasteiger partial charge < -0.3 is 10.2 Å². The van der Waals surface area contributed by atoms with Crippen molar-refractivity contribution in [2.24, 2.45) is 0 Å². The third-order valence-corrected chi connectivity index (χ3v) is 5.32. The number of carbonyl (C=O) groups is 2. The largest absolute Gasteiger partial charge is 0.355 e. The first kappa shape index (κ1) is 21.0. The zero-order valence-corrected chi connectivity index (χ0v) is 17.1. The van der Waals surface area contributed by atoms with Crippen LogP contribution >= 0.6 is 11.8 Å². The molecule has 1 unspecified atom stereocenters. The highest BCUT2D eigenvalue weighted by Gasteiger charge is 2.25. The van der Waals surface area contributed by atoms with Gasteiger partial charge in [-0.3, -0.25) is 9.59 Å². The lowest BCUT2D eigenvalue weighted by atomic mass is 10.1. The normalized spacial score (nSPS) is 11.7. The lowest BCUT2D eigenvalue weighted by Gasteiger charge is -2.28. The van der Waals surface area contributed by atoms with Gasteiger partial charge in [-0.1, -0.05) is 60.2 Å². The smallest absolute Gasteiger partial charge is 0.242 e. The highest BCUT2D eigenvalue weighted by atomic mass is 32.2. The summed E-state index contributed by atoms with van der Waals surface area (Å²) in [4.78, 5) is 26.8. The SMILES string of the molecule is CCNC(=O)C(C)N(Cc1ccccc1)C(=O)CSCc1ccc(C)cc1. The first-order valence-electron chi connectivity index (χ1n) is 9.25. The Morgan fingerprint density at radius 3 is 2.33 bits per heavy atom. The van der Waals surface area contributed by atoms with Crippen LogP contribution in [-0.2, 0) is 21.9 Å². The van der Waals surface area contributed by atoms with Gasteiger partial charge in [0, 0.05) is 18.8 Å². The Hall–Kier alpha value is -2.27. The third kappa shape index (κ3) is 6.75. The molecule has 0 heterocycles. The van der Waals surface area contributed by atoms with Crippen molar-refractivity contribution in [2.45, 2.75) is 39.1 Å². The van der Waals surface area contributed by atoms with Gasteiger partial charge in [0.15, 0.2) is 0 Å². The summed E-state index contributed by atoms with van der Waals surface area (Å²) in [6.45, 7) is 6.72. The molecule has 4 nitrogen and oxygen atoms in total. The predicted molar refractivity (Wildman–Crippen MR) is 112 cm³/mol. The van der Waals surface area contributed by atoms with Crippen LogP contribution in [-0.4, -0.2) is 35.1 Å². The lowest BCUT2D eigenvalue weighted by Crippen LogP contribution is -2.48. The van der Waals surface area contributed by atoms with Crippen LogP contribution in [0.3, 0.4) is 0 Å². The number of amides is 2. The fourth-order valence-corrected chi connectivity index (χ4v) is 3.58. The zero-order chi connectivity index (χ0) is 19.6. The van der Waals surface area contributed by atoms with E-state index in [2.05, 4.69) is 36.5 Å². The minimum absolute atomic E-state index is 0.0188. The molecule has 2 amide bonds. The molecule has 0 radical (unpaired) electrons. The van der Waals surface area contributed by atoms with Gasteiger partial charge in [-0.2, -0.15) is 0 Å². The van der Waals surface area contributed by atoms with Crippen LogP contribution in [0.5, 0.6) is 0 Å². The summed E-state index contributed by atoms with van der Waals surface area (Å²) >= 11 is 1.58. The summed E-state index contributed by atoms with van der Waals surface area (Å²) in [7, 11) is 0. The summed E-state index contributed by atoms with van der Waals surface area (Å²) in [5, 5.41) is 2.81. The molecular weight excluding hydrogens is 356 g/mol.